The van der Waals surface area contributed by atoms with Gasteiger partial charge in [0.1, 0.15) is 11.6 Å². The van der Waals surface area contributed by atoms with Gasteiger partial charge >= 0.3 is 0 Å². The van der Waals surface area contributed by atoms with Crippen molar-refractivity contribution in [1.29, 1.82) is 0 Å². The molecular formula is C23H28N4O. The topological polar surface area (TPSA) is 43.2 Å². The summed E-state index contributed by atoms with van der Waals surface area (Å²) in [5.41, 5.74) is 3.34. The number of piperidine rings is 1. The molecule has 28 heavy (non-hydrogen) atoms. The van der Waals surface area contributed by atoms with E-state index >= 15 is 0 Å². The van der Waals surface area contributed by atoms with Gasteiger partial charge in [-0.15, -0.1) is 0 Å². The SMILES string of the molecule is CCn1ccnc1CN1CCC[C@@H](c2cccc(-c3ccc(OC)cc3)n2)C1. The highest BCUT2D eigenvalue weighted by molar-refractivity contribution is 5.60. The molecule has 1 saturated heterocycles. The van der Waals surface area contributed by atoms with Crippen molar-refractivity contribution in [3.8, 4) is 17.0 Å². The Morgan fingerprint density at radius 3 is 2.79 bits per heavy atom. The molecule has 0 N–H and O–H groups in total. The number of hydrogen-bond acceptors (Lipinski definition) is 4. The molecule has 3 aromatic rings. The molecule has 0 aliphatic carbocycles. The molecule has 0 unspecified atom stereocenters. The fourth-order valence-electron chi connectivity index (χ4n) is 4.02. The van der Waals surface area contributed by atoms with Gasteiger partial charge in [0, 0.05) is 42.7 Å². The molecule has 2 aromatic heterocycles. The van der Waals surface area contributed by atoms with Gasteiger partial charge in [-0.3, -0.25) is 9.88 Å². The molecule has 0 saturated carbocycles. The Labute approximate surface area is 167 Å². The predicted molar refractivity (Wildman–Crippen MR) is 111 cm³/mol. The van der Waals surface area contributed by atoms with Crippen molar-refractivity contribution >= 4 is 0 Å². The molecule has 1 aliphatic rings. The van der Waals surface area contributed by atoms with E-state index in [1.54, 1.807) is 7.11 Å². The number of hydrogen-bond donors (Lipinski definition) is 0. The van der Waals surface area contributed by atoms with Gasteiger partial charge in [-0.2, -0.15) is 0 Å². The second-order valence-electron chi connectivity index (χ2n) is 7.38. The second kappa shape index (κ2) is 8.57. The number of rotatable bonds is 6. The first-order valence-corrected chi connectivity index (χ1v) is 10.1. The largest absolute Gasteiger partial charge is 0.497 e. The smallest absolute Gasteiger partial charge is 0.122 e. The fourth-order valence-corrected chi connectivity index (χ4v) is 4.02. The number of benzene rings is 1. The minimum absolute atomic E-state index is 0.469. The minimum Gasteiger partial charge on any atom is -0.497 e. The molecule has 146 valence electrons. The molecule has 1 aromatic carbocycles. The Morgan fingerprint density at radius 2 is 2.00 bits per heavy atom. The van der Waals surface area contributed by atoms with Crippen LogP contribution in [0, 0.1) is 0 Å². The highest BCUT2D eigenvalue weighted by Gasteiger charge is 2.23. The van der Waals surface area contributed by atoms with Gasteiger partial charge in [0.15, 0.2) is 0 Å². The summed E-state index contributed by atoms with van der Waals surface area (Å²) in [5, 5.41) is 0. The van der Waals surface area contributed by atoms with E-state index in [0.717, 1.165) is 49.0 Å². The quantitative estimate of drug-likeness (QED) is 0.641. The zero-order chi connectivity index (χ0) is 19.3. The van der Waals surface area contributed by atoms with Crippen molar-refractivity contribution in [3.05, 3.63) is 66.4 Å². The van der Waals surface area contributed by atoms with Crippen molar-refractivity contribution in [2.24, 2.45) is 0 Å². The van der Waals surface area contributed by atoms with E-state index < -0.39 is 0 Å². The van der Waals surface area contributed by atoms with E-state index in [4.69, 9.17) is 9.72 Å². The number of imidazole rings is 1. The molecule has 0 amide bonds. The highest BCUT2D eigenvalue weighted by Crippen LogP contribution is 2.28. The Morgan fingerprint density at radius 1 is 1.14 bits per heavy atom. The zero-order valence-corrected chi connectivity index (χ0v) is 16.7. The molecule has 3 heterocycles. The minimum atomic E-state index is 0.469. The van der Waals surface area contributed by atoms with E-state index in [1.165, 1.54) is 18.5 Å². The lowest BCUT2D eigenvalue weighted by Crippen LogP contribution is -2.35. The van der Waals surface area contributed by atoms with Crippen LogP contribution in [0.25, 0.3) is 11.3 Å². The maximum atomic E-state index is 5.26. The highest BCUT2D eigenvalue weighted by atomic mass is 16.5. The average molecular weight is 377 g/mol. The summed E-state index contributed by atoms with van der Waals surface area (Å²) in [7, 11) is 1.69. The number of aromatic nitrogens is 3. The summed E-state index contributed by atoms with van der Waals surface area (Å²) in [6.45, 7) is 6.22. The fraction of sp³-hybridized carbons (Fsp3) is 0.391. The van der Waals surface area contributed by atoms with Gasteiger partial charge in [-0.1, -0.05) is 6.07 Å². The van der Waals surface area contributed by atoms with Crippen molar-refractivity contribution in [1.82, 2.24) is 19.4 Å². The Balaban J connectivity index is 1.49. The van der Waals surface area contributed by atoms with Crippen molar-refractivity contribution in [3.63, 3.8) is 0 Å². The molecule has 0 spiro atoms. The molecule has 1 aliphatic heterocycles. The normalized spacial score (nSPS) is 17.6. The van der Waals surface area contributed by atoms with E-state index in [1.807, 2.05) is 18.3 Å². The molecular weight excluding hydrogens is 348 g/mol. The van der Waals surface area contributed by atoms with Crippen LogP contribution in [0.5, 0.6) is 5.75 Å². The van der Waals surface area contributed by atoms with Gasteiger partial charge < -0.3 is 9.30 Å². The third-order valence-electron chi connectivity index (χ3n) is 5.59. The van der Waals surface area contributed by atoms with Crippen LogP contribution in [0.15, 0.2) is 54.9 Å². The van der Waals surface area contributed by atoms with Gasteiger partial charge in [0.2, 0.25) is 0 Å². The number of methoxy groups -OCH3 is 1. The third kappa shape index (κ3) is 4.09. The Kier molecular flexibility index (Phi) is 5.72. The summed E-state index contributed by atoms with van der Waals surface area (Å²) in [6.07, 6.45) is 6.36. The molecule has 0 radical (unpaired) electrons. The summed E-state index contributed by atoms with van der Waals surface area (Å²) in [5.74, 6) is 2.49. The summed E-state index contributed by atoms with van der Waals surface area (Å²) in [4.78, 5) is 12.1. The van der Waals surface area contributed by atoms with Crippen molar-refractivity contribution in [2.45, 2.75) is 38.8 Å². The van der Waals surface area contributed by atoms with E-state index in [0.29, 0.717) is 5.92 Å². The van der Waals surface area contributed by atoms with Crippen LogP contribution in [0.1, 0.15) is 37.2 Å². The van der Waals surface area contributed by atoms with E-state index in [2.05, 4.69) is 57.9 Å². The van der Waals surface area contributed by atoms with Crippen LogP contribution in [-0.2, 0) is 13.1 Å². The second-order valence-corrected chi connectivity index (χ2v) is 7.38. The number of pyridine rings is 1. The van der Waals surface area contributed by atoms with Crippen LogP contribution in [0.4, 0.5) is 0 Å². The molecule has 4 rings (SSSR count). The average Bonchev–Trinajstić information content (AvgIpc) is 3.21. The number of ether oxygens (including phenoxy) is 1. The monoisotopic (exact) mass is 376 g/mol. The van der Waals surface area contributed by atoms with Crippen LogP contribution >= 0.6 is 0 Å². The van der Waals surface area contributed by atoms with Gasteiger partial charge in [0.05, 0.1) is 19.3 Å². The van der Waals surface area contributed by atoms with Gasteiger partial charge in [0.25, 0.3) is 0 Å². The molecule has 1 fully saturated rings. The van der Waals surface area contributed by atoms with Crippen LogP contribution in [0.3, 0.4) is 0 Å². The predicted octanol–water partition coefficient (Wildman–Crippen LogP) is 4.35. The zero-order valence-electron chi connectivity index (χ0n) is 16.7. The first kappa shape index (κ1) is 18.7. The van der Waals surface area contributed by atoms with Crippen molar-refractivity contribution in [2.75, 3.05) is 20.2 Å². The number of aryl methyl sites for hydroxylation is 1. The van der Waals surface area contributed by atoms with Crippen molar-refractivity contribution < 1.29 is 4.74 Å². The Hall–Kier alpha value is -2.66. The van der Waals surface area contributed by atoms with Gasteiger partial charge in [-0.05, 0) is 62.7 Å². The number of likely N-dealkylation sites (tertiary alicyclic amines) is 1. The molecule has 5 nitrogen and oxygen atoms in total. The first-order chi connectivity index (χ1) is 13.8. The van der Waals surface area contributed by atoms with Crippen LogP contribution in [-0.4, -0.2) is 39.6 Å². The summed E-state index contributed by atoms with van der Waals surface area (Å²) >= 11 is 0. The first-order valence-electron chi connectivity index (χ1n) is 10.1. The lowest BCUT2D eigenvalue weighted by Gasteiger charge is -2.32. The maximum absolute atomic E-state index is 5.26. The maximum Gasteiger partial charge on any atom is 0.122 e. The van der Waals surface area contributed by atoms with E-state index in [9.17, 15) is 0 Å². The summed E-state index contributed by atoms with van der Waals surface area (Å²) < 4.78 is 7.49. The van der Waals surface area contributed by atoms with Gasteiger partial charge in [-0.25, -0.2) is 4.98 Å². The third-order valence-corrected chi connectivity index (χ3v) is 5.59. The molecule has 5 heteroatoms. The Bertz CT molecular complexity index is 903. The lowest BCUT2D eigenvalue weighted by atomic mass is 9.94. The molecule has 0 bridgehead atoms. The lowest BCUT2D eigenvalue weighted by molar-refractivity contribution is 0.192. The summed E-state index contributed by atoms with van der Waals surface area (Å²) in [6, 6.07) is 14.5. The standard InChI is InChI=1S/C23H28N4O/c1-3-27-15-13-24-23(27)17-26-14-5-6-19(16-26)22-8-4-7-21(25-22)18-9-11-20(28-2)12-10-18/h4,7-13,15,19H,3,5-6,14,16-17H2,1-2H3/t19-/m1/s1. The molecule has 1 atom stereocenters. The van der Waals surface area contributed by atoms with Crippen LogP contribution < -0.4 is 4.74 Å². The number of nitrogens with zero attached hydrogens (tertiary/aromatic N) is 4. The van der Waals surface area contributed by atoms with Crippen LogP contribution in [0.2, 0.25) is 0 Å². The van der Waals surface area contributed by atoms with E-state index in [-0.39, 0.29) is 0 Å².